The summed E-state index contributed by atoms with van der Waals surface area (Å²) in [6, 6.07) is 0. The maximum atomic E-state index is 3.15. The number of allylic oxidation sites excluding steroid dienone is 4. The van der Waals surface area contributed by atoms with Gasteiger partial charge in [-0.15, -0.1) is 0 Å². The first kappa shape index (κ1) is 5.28. The Kier molecular flexibility index (Phi) is 1.18. The average molecular weight is 119 g/mol. The summed E-state index contributed by atoms with van der Waals surface area (Å²) in [6.45, 7) is 0. The number of fused-ring (bicyclic) bond motifs is 1. The van der Waals surface area contributed by atoms with Crippen LogP contribution in [0, 0.1) is 17.9 Å². The Morgan fingerprint density at radius 3 is 3.00 bits per heavy atom. The van der Waals surface area contributed by atoms with Gasteiger partial charge in [0.1, 0.15) is 0 Å². The minimum Gasteiger partial charge on any atom is -0.0802 e. The first-order valence-electron chi connectivity index (χ1n) is 3.73. The lowest BCUT2D eigenvalue weighted by atomic mass is 9.92. The molecule has 2 aliphatic carbocycles. The van der Waals surface area contributed by atoms with Crippen molar-refractivity contribution in [2.45, 2.75) is 19.3 Å². The average Bonchev–Trinajstić information content (AvgIpc) is 2.33. The van der Waals surface area contributed by atoms with Crippen LogP contribution < -0.4 is 0 Å². The summed E-state index contributed by atoms with van der Waals surface area (Å²) in [4.78, 5) is 0. The molecular formula is C9H11. The molecule has 1 saturated carbocycles. The Bertz CT molecular complexity index is 135. The monoisotopic (exact) mass is 119 g/mol. The molecular weight excluding hydrogens is 108 g/mol. The largest absolute Gasteiger partial charge is 0.0802 e. The fraction of sp³-hybridized carbons (Fsp3) is 0.556. The van der Waals surface area contributed by atoms with Gasteiger partial charge >= 0.3 is 0 Å². The molecule has 0 heterocycles. The molecule has 0 aromatic rings. The highest BCUT2D eigenvalue weighted by Gasteiger charge is 2.23. The maximum absolute atomic E-state index is 3.15. The van der Waals surface area contributed by atoms with E-state index in [9.17, 15) is 0 Å². The van der Waals surface area contributed by atoms with E-state index in [2.05, 4.69) is 24.3 Å². The van der Waals surface area contributed by atoms with Gasteiger partial charge in [0.05, 0.1) is 0 Å². The zero-order valence-corrected chi connectivity index (χ0v) is 5.51. The van der Waals surface area contributed by atoms with Gasteiger partial charge in [-0.25, -0.2) is 0 Å². The van der Waals surface area contributed by atoms with Crippen LogP contribution >= 0.6 is 0 Å². The van der Waals surface area contributed by atoms with Gasteiger partial charge < -0.3 is 0 Å². The van der Waals surface area contributed by atoms with E-state index in [-0.39, 0.29) is 0 Å². The minimum absolute atomic E-state index is 0.843. The van der Waals surface area contributed by atoms with E-state index in [1.165, 1.54) is 19.3 Å². The zero-order chi connectivity index (χ0) is 6.10. The Labute approximate surface area is 56.3 Å². The van der Waals surface area contributed by atoms with E-state index in [1.54, 1.807) is 0 Å². The molecule has 2 aliphatic rings. The van der Waals surface area contributed by atoms with E-state index in [4.69, 9.17) is 0 Å². The predicted octanol–water partition coefficient (Wildman–Crippen LogP) is 2.33. The van der Waals surface area contributed by atoms with Crippen molar-refractivity contribution in [3.63, 3.8) is 0 Å². The molecule has 0 bridgehead atoms. The first-order chi connectivity index (χ1) is 4.47. The lowest BCUT2D eigenvalue weighted by molar-refractivity contribution is 0.550. The molecule has 9 heavy (non-hydrogen) atoms. The van der Waals surface area contributed by atoms with Gasteiger partial charge in [-0.05, 0) is 30.8 Å². The van der Waals surface area contributed by atoms with E-state index in [0.29, 0.717) is 0 Å². The smallest absolute Gasteiger partial charge is 0.0161 e. The van der Waals surface area contributed by atoms with Gasteiger partial charge in [-0.3, -0.25) is 0 Å². The van der Waals surface area contributed by atoms with Gasteiger partial charge in [-0.1, -0.05) is 24.6 Å². The second-order valence-electron chi connectivity index (χ2n) is 2.95. The summed E-state index contributed by atoms with van der Waals surface area (Å²) < 4.78 is 0. The SMILES string of the molecule is [C]1=CC2CCCC2C=C1. The molecule has 47 valence electrons. The zero-order valence-electron chi connectivity index (χ0n) is 5.51. The standard InChI is InChI=1S/C9H11/c1-2-5-9-7-3-6-8(9)4-1/h1,4-5,8-9H,3,6-7H2. The summed E-state index contributed by atoms with van der Waals surface area (Å²) in [5.41, 5.74) is 0. The van der Waals surface area contributed by atoms with Crippen LogP contribution in [0.15, 0.2) is 18.2 Å². The summed E-state index contributed by atoms with van der Waals surface area (Å²) in [7, 11) is 0. The van der Waals surface area contributed by atoms with Crippen molar-refractivity contribution in [2.24, 2.45) is 11.8 Å². The summed E-state index contributed by atoms with van der Waals surface area (Å²) in [5.74, 6) is 1.71. The van der Waals surface area contributed by atoms with Crippen LogP contribution in [-0.2, 0) is 0 Å². The summed E-state index contributed by atoms with van der Waals surface area (Å²) in [5, 5.41) is 0. The molecule has 2 rings (SSSR count). The molecule has 0 heteroatoms. The van der Waals surface area contributed by atoms with Crippen molar-refractivity contribution >= 4 is 0 Å². The van der Waals surface area contributed by atoms with Gasteiger partial charge in [-0.2, -0.15) is 0 Å². The van der Waals surface area contributed by atoms with E-state index in [1.807, 2.05) is 0 Å². The fourth-order valence-electron chi connectivity index (χ4n) is 1.82. The number of hydrogen-bond donors (Lipinski definition) is 0. The third-order valence-electron chi connectivity index (χ3n) is 2.37. The highest BCUT2D eigenvalue weighted by molar-refractivity contribution is 5.11. The second kappa shape index (κ2) is 2.02. The normalized spacial score (nSPS) is 39.1. The number of rotatable bonds is 0. The Morgan fingerprint density at radius 1 is 1.22 bits per heavy atom. The highest BCUT2D eigenvalue weighted by Crippen LogP contribution is 2.35. The first-order valence-corrected chi connectivity index (χ1v) is 3.73. The molecule has 0 aromatic heterocycles. The maximum Gasteiger partial charge on any atom is -0.0161 e. The molecule has 2 atom stereocenters. The molecule has 1 radical (unpaired) electrons. The van der Waals surface area contributed by atoms with Crippen LogP contribution in [0.3, 0.4) is 0 Å². The van der Waals surface area contributed by atoms with Crippen molar-refractivity contribution in [3.8, 4) is 0 Å². The second-order valence-corrected chi connectivity index (χ2v) is 2.95. The van der Waals surface area contributed by atoms with E-state index < -0.39 is 0 Å². The van der Waals surface area contributed by atoms with Crippen molar-refractivity contribution in [1.29, 1.82) is 0 Å². The predicted molar refractivity (Wildman–Crippen MR) is 37.8 cm³/mol. The Hall–Kier alpha value is -0.520. The van der Waals surface area contributed by atoms with Crippen molar-refractivity contribution in [3.05, 3.63) is 24.3 Å². The van der Waals surface area contributed by atoms with Crippen LogP contribution in [0.4, 0.5) is 0 Å². The van der Waals surface area contributed by atoms with Crippen LogP contribution in [0.25, 0.3) is 0 Å². The molecule has 0 amide bonds. The number of hydrogen-bond acceptors (Lipinski definition) is 0. The van der Waals surface area contributed by atoms with Gasteiger partial charge in [0.25, 0.3) is 0 Å². The molecule has 2 unspecified atom stereocenters. The molecule has 0 aromatic carbocycles. The van der Waals surface area contributed by atoms with Crippen LogP contribution in [-0.4, -0.2) is 0 Å². The quantitative estimate of drug-likeness (QED) is 0.459. The Morgan fingerprint density at radius 2 is 2.11 bits per heavy atom. The topological polar surface area (TPSA) is 0 Å². The minimum atomic E-state index is 0.843. The third kappa shape index (κ3) is 0.827. The van der Waals surface area contributed by atoms with Crippen LogP contribution in [0.2, 0.25) is 0 Å². The highest BCUT2D eigenvalue weighted by atomic mass is 14.3. The fourth-order valence-corrected chi connectivity index (χ4v) is 1.82. The lowest BCUT2D eigenvalue weighted by Crippen LogP contribution is -2.03. The third-order valence-corrected chi connectivity index (χ3v) is 2.37. The van der Waals surface area contributed by atoms with Gasteiger partial charge in [0.15, 0.2) is 0 Å². The lowest BCUT2D eigenvalue weighted by Gasteiger charge is -2.13. The van der Waals surface area contributed by atoms with Crippen molar-refractivity contribution in [2.75, 3.05) is 0 Å². The van der Waals surface area contributed by atoms with Crippen LogP contribution in [0.5, 0.6) is 0 Å². The van der Waals surface area contributed by atoms with Gasteiger partial charge in [0, 0.05) is 0 Å². The van der Waals surface area contributed by atoms with E-state index >= 15 is 0 Å². The summed E-state index contributed by atoms with van der Waals surface area (Å²) in [6.07, 6.45) is 14.0. The molecule has 0 nitrogen and oxygen atoms in total. The van der Waals surface area contributed by atoms with Crippen molar-refractivity contribution in [1.82, 2.24) is 0 Å². The molecule has 0 spiro atoms. The molecule has 0 saturated heterocycles. The molecule has 0 N–H and O–H groups in total. The van der Waals surface area contributed by atoms with E-state index in [0.717, 1.165) is 11.8 Å². The van der Waals surface area contributed by atoms with Gasteiger partial charge in [0.2, 0.25) is 0 Å². The van der Waals surface area contributed by atoms with Crippen LogP contribution in [0.1, 0.15) is 19.3 Å². The molecule has 0 aliphatic heterocycles. The molecule has 1 fully saturated rings. The summed E-state index contributed by atoms with van der Waals surface area (Å²) >= 11 is 0. The Balaban J connectivity index is 2.18. The van der Waals surface area contributed by atoms with Crippen molar-refractivity contribution < 1.29 is 0 Å².